The van der Waals surface area contributed by atoms with Crippen molar-refractivity contribution < 1.29 is 0 Å². The van der Waals surface area contributed by atoms with Crippen LogP contribution in [0.4, 0.5) is 0 Å². The Morgan fingerprint density at radius 2 is 0.800 bits per heavy atom. The fourth-order valence-electron chi connectivity index (χ4n) is 8.91. The van der Waals surface area contributed by atoms with Gasteiger partial charge in [0.2, 0.25) is 0 Å². The van der Waals surface area contributed by atoms with Crippen molar-refractivity contribution in [1.29, 1.82) is 10.5 Å². The summed E-state index contributed by atoms with van der Waals surface area (Å²) in [6, 6.07) is 65.8. The number of aromatic nitrogens is 3. The van der Waals surface area contributed by atoms with Gasteiger partial charge in [0.05, 0.1) is 61.7 Å². The number of hydrogen-bond donors (Lipinski definition) is 0. The molecule has 55 heavy (non-hydrogen) atoms. The monoisotopic (exact) mass is 699 g/mol. The van der Waals surface area contributed by atoms with Gasteiger partial charge in [0.1, 0.15) is 6.07 Å². The summed E-state index contributed by atoms with van der Waals surface area (Å²) in [4.78, 5) is 0. The van der Waals surface area contributed by atoms with Gasteiger partial charge >= 0.3 is 0 Å². The fourth-order valence-corrected chi connectivity index (χ4v) is 8.91. The molecule has 3 heterocycles. The summed E-state index contributed by atoms with van der Waals surface area (Å²) in [5.74, 6) is 0. The number of fused-ring (bicyclic) bond motifs is 9. The Hall–Kier alpha value is -7.86. The molecule has 11 aromatic rings. The van der Waals surface area contributed by atoms with Crippen molar-refractivity contribution >= 4 is 65.4 Å². The molecule has 5 heteroatoms. The summed E-state index contributed by atoms with van der Waals surface area (Å²) < 4.78 is 6.88. The number of para-hydroxylation sites is 5. The summed E-state index contributed by atoms with van der Waals surface area (Å²) in [5, 5.41) is 27.6. The molecule has 0 saturated heterocycles. The number of rotatable bonds is 4. The summed E-state index contributed by atoms with van der Waals surface area (Å²) in [5.41, 5.74) is 12.4. The van der Waals surface area contributed by atoms with Crippen LogP contribution < -0.4 is 0 Å². The topological polar surface area (TPSA) is 62.4 Å². The van der Waals surface area contributed by atoms with Crippen molar-refractivity contribution in [3.05, 3.63) is 187 Å². The first-order valence-electron chi connectivity index (χ1n) is 18.3. The molecule has 0 aliphatic rings. The van der Waals surface area contributed by atoms with Gasteiger partial charge in [-0.25, -0.2) is 0 Å². The van der Waals surface area contributed by atoms with E-state index in [1.165, 1.54) is 10.8 Å². The molecule has 0 fully saturated rings. The smallest absolute Gasteiger partial charge is 0.101 e. The molecule has 0 radical (unpaired) electrons. The lowest BCUT2D eigenvalue weighted by Gasteiger charge is -2.17. The van der Waals surface area contributed by atoms with Crippen molar-refractivity contribution in [1.82, 2.24) is 13.7 Å². The summed E-state index contributed by atoms with van der Waals surface area (Å²) in [6.45, 7) is 0. The van der Waals surface area contributed by atoms with Crippen molar-refractivity contribution in [2.24, 2.45) is 0 Å². The van der Waals surface area contributed by atoms with E-state index in [0.29, 0.717) is 11.1 Å². The Labute approximate surface area is 316 Å². The van der Waals surface area contributed by atoms with E-state index in [-0.39, 0.29) is 0 Å². The zero-order valence-corrected chi connectivity index (χ0v) is 29.5. The van der Waals surface area contributed by atoms with Gasteiger partial charge in [-0.15, -0.1) is 0 Å². The quantitative estimate of drug-likeness (QED) is 0.184. The van der Waals surface area contributed by atoms with Crippen LogP contribution in [0.1, 0.15) is 11.1 Å². The first-order valence-corrected chi connectivity index (χ1v) is 18.3. The third-order valence-electron chi connectivity index (χ3n) is 11.1. The molecule has 5 nitrogen and oxygen atoms in total. The van der Waals surface area contributed by atoms with Crippen LogP contribution in [0.15, 0.2) is 176 Å². The van der Waals surface area contributed by atoms with Crippen molar-refractivity contribution in [3.63, 3.8) is 0 Å². The van der Waals surface area contributed by atoms with E-state index in [0.717, 1.165) is 82.8 Å². The standard InChI is InChI=1S/C50H29N5/c51-30-33-12-10-23-45(48(33)32-26-28-35(29-27-32)53-41-19-5-3-16-38(41)39-18-9-13-34(31-52)50(39)53)55-44-22-8-4-17-40(44)49-46(24-11-25-47(49)55)54-42-20-6-1-14-36(42)37-15-2-7-21-43(37)54/h1-29H. The largest absolute Gasteiger partial charge is 0.309 e. The second kappa shape index (κ2) is 11.8. The molecule has 254 valence electrons. The van der Waals surface area contributed by atoms with Gasteiger partial charge in [-0.2, -0.15) is 10.5 Å². The van der Waals surface area contributed by atoms with Crippen LogP contribution in [0.2, 0.25) is 0 Å². The minimum absolute atomic E-state index is 0.596. The summed E-state index contributed by atoms with van der Waals surface area (Å²) >= 11 is 0. The highest BCUT2D eigenvalue weighted by Gasteiger charge is 2.22. The van der Waals surface area contributed by atoms with Crippen LogP contribution in [0, 0.1) is 22.7 Å². The zero-order valence-electron chi connectivity index (χ0n) is 29.5. The van der Waals surface area contributed by atoms with Crippen LogP contribution >= 0.6 is 0 Å². The van der Waals surface area contributed by atoms with E-state index in [9.17, 15) is 10.5 Å². The summed E-state index contributed by atoms with van der Waals surface area (Å²) in [7, 11) is 0. The number of hydrogen-bond acceptors (Lipinski definition) is 2. The van der Waals surface area contributed by atoms with E-state index < -0.39 is 0 Å². The van der Waals surface area contributed by atoms with E-state index in [2.05, 4.69) is 165 Å². The molecule has 0 bridgehead atoms. The molecule has 0 unspecified atom stereocenters. The fraction of sp³-hybridized carbons (Fsp3) is 0. The lowest BCUT2D eigenvalue weighted by Crippen LogP contribution is -2.01. The van der Waals surface area contributed by atoms with Crippen LogP contribution in [-0.4, -0.2) is 13.7 Å². The lowest BCUT2D eigenvalue weighted by atomic mass is 9.97. The van der Waals surface area contributed by atoms with Gasteiger partial charge in [-0.05, 0) is 72.3 Å². The van der Waals surface area contributed by atoms with Crippen molar-refractivity contribution in [2.75, 3.05) is 0 Å². The SMILES string of the molecule is N#Cc1cccc(-n2c3ccccc3c3c(-n4c5ccccc5c5ccccc54)cccc32)c1-c1ccc(-n2c3ccccc3c3cccc(C#N)c32)cc1. The molecule has 0 amide bonds. The second-order valence-corrected chi connectivity index (χ2v) is 13.9. The first-order chi connectivity index (χ1) is 27.2. The van der Waals surface area contributed by atoms with E-state index in [1.807, 2.05) is 36.4 Å². The Morgan fingerprint density at radius 1 is 0.345 bits per heavy atom. The molecule has 8 aromatic carbocycles. The van der Waals surface area contributed by atoms with Crippen LogP contribution in [0.3, 0.4) is 0 Å². The molecular formula is C50H29N5. The van der Waals surface area contributed by atoms with Crippen molar-refractivity contribution in [2.45, 2.75) is 0 Å². The average Bonchev–Trinajstić information content (AvgIpc) is 3.89. The maximum atomic E-state index is 10.6. The lowest BCUT2D eigenvalue weighted by molar-refractivity contribution is 1.16. The predicted octanol–water partition coefficient (Wildman–Crippen LogP) is 12.4. The van der Waals surface area contributed by atoms with Crippen molar-refractivity contribution in [3.8, 4) is 40.3 Å². The number of benzene rings is 8. The first kappa shape index (κ1) is 30.7. The molecule has 11 rings (SSSR count). The van der Waals surface area contributed by atoms with Gasteiger partial charge in [0.15, 0.2) is 0 Å². The molecule has 0 N–H and O–H groups in total. The molecule has 0 spiro atoms. The van der Waals surface area contributed by atoms with Gasteiger partial charge < -0.3 is 13.7 Å². The Bertz CT molecular complexity index is 3400. The molecule has 0 atom stereocenters. The normalized spacial score (nSPS) is 11.6. The van der Waals surface area contributed by atoms with Gasteiger partial charge in [0.25, 0.3) is 0 Å². The molecule has 0 aliphatic heterocycles. The average molecular weight is 700 g/mol. The Kier molecular flexibility index (Phi) is 6.61. The molecule has 3 aromatic heterocycles. The molecule has 0 saturated carbocycles. The third-order valence-corrected chi connectivity index (χ3v) is 11.1. The Balaban J connectivity index is 1.16. The van der Waals surface area contributed by atoms with E-state index in [1.54, 1.807) is 0 Å². The highest BCUT2D eigenvalue weighted by molar-refractivity contribution is 6.17. The molecular weight excluding hydrogens is 671 g/mol. The highest BCUT2D eigenvalue weighted by atomic mass is 15.0. The minimum Gasteiger partial charge on any atom is -0.309 e. The second-order valence-electron chi connectivity index (χ2n) is 13.9. The maximum Gasteiger partial charge on any atom is 0.101 e. The zero-order chi connectivity index (χ0) is 36.6. The Morgan fingerprint density at radius 3 is 1.45 bits per heavy atom. The summed E-state index contributed by atoms with van der Waals surface area (Å²) in [6.07, 6.45) is 0. The number of nitrogens with zero attached hydrogens (tertiary/aromatic N) is 5. The van der Waals surface area contributed by atoms with Crippen LogP contribution in [0.5, 0.6) is 0 Å². The number of nitriles is 2. The highest BCUT2D eigenvalue weighted by Crippen LogP contribution is 2.42. The van der Waals surface area contributed by atoms with E-state index >= 15 is 0 Å². The van der Waals surface area contributed by atoms with Crippen LogP contribution in [0.25, 0.3) is 93.6 Å². The minimum atomic E-state index is 0.596. The predicted molar refractivity (Wildman–Crippen MR) is 224 cm³/mol. The van der Waals surface area contributed by atoms with Crippen LogP contribution in [-0.2, 0) is 0 Å². The van der Waals surface area contributed by atoms with Gasteiger partial charge in [0, 0.05) is 43.6 Å². The van der Waals surface area contributed by atoms with E-state index in [4.69, 9.17) is 0 Å². The van der Waals surface area contributed by atoms with Gasteiger partial charge in [-0.1, -0.05) is 109 Å². The molecule has 0 aliphatic carbocycles. The third kappa shape index (κ3) is 4.33. The maximum absolute atomic E-state index is 10.6. The van der Waals surface area contributed by atoms with Gasteiger partial charge in [-0.3, -0.25) is 0 Å².